The van der Waals surface area contributed by atoms with Crippen LogP contribution < -0.4 is 10.5 Å². The van der Waals surface area contributed by atoms with Gasteiger partial charge in [0, 0.05) is 16.0 Å². The molecule has 0 bridgehead atoms. The number of hydrogen-bond acceptors (Lipinski definition) is 3. The lowest BCUT2D eigenvalue weighted by atomic mass is 9.97. The van der Waals surface area contributed by atoms with Crippen molar-refractivity contribution in [2.24, 2.45) is 0 Å². The van der Waals surface area contributed by atoms with Gasteiger partial charge in [-0.1, -0.05) is 19.9 Å². The molecule has 1 heterocycles. The molecule has 3 heteroatoms. The van der Waals surface area contributed by atoms with E-state index in [4.69, 9.17) is 10.5 Å². The van der Waals surface area contributed by atoms with Crippen LogP contribution in [0.2, 0.25) is 0 Å². The average molecular weight is 261 g/mol. The van der Waals surface area contributed by atoms with Crippen molar-refractivity contribution in [1.82, 2.24) is 0 Å². The lowest BCUT2D eigenvalue weighted by Gasteiger charge is -2.12. The second-order valence-corrected chi connectivity index (χ2v) is 6.02. The molecular weight excluding hydrogens is 242 g/mol. The Morgan fingerprint density at radius 3 is 2.39 bits per heavy atom. The van der Waals surface area contributed by atoms with Crippen LogP contribution in [-0.2, 0) is 0 Å². The monoisotopic (exact) mass is 261 g/mol. The molecule has 1 aromatic carbocycles. The van der Waals surface area contributed by atoms with Gasteiger partial charge in [0.2, 0.25) is 0 Å². The fourth-order valence-corrected chi connectivity index (χ4v) is 2.88. The summed E-state index contributed by atoms with van der Waals surface area (Å²) < 4.78 is 5.46. The summed E-state index contributed by atoms with van der Waals surface area (Å²) in [6.07, 6.45) is 0. The number of aryl methyl sites for hydroxylation is 1. The first-order valence-electron chi connectivity index (χ1n) is 6.07. The number of hydrogen-bond donors (Lipinski definition) is 1. The van der Waals surface area contributed by atoms with Crippen molar-refractivity contribution >= 4 is 16.3 Å². The van der Waals surface area contributed by atoms with Crippen molar-refractivity contribution in [2.75, 3.05) is 12.8 Å². The van der Waals surface area contributed by atoms with Gasteiger partial charge in [0.05, 0.1) is 12.1 Å². The molecule has 0 atom stereocenters. The van der Waals surface area contributed by atoms with Crippen LogP contribution in [0.1, 0.15) is 30.2 Å². The zero-order chi connectivity index (χ0) is 13.3. The highest BCUT2D eigenvalue weighted by atomic mass is 32.1. The number of methoxy groups -OCH3 is 1. The summed E-state index contributed by atoms with van der Waals surface area (Å²) in [5, 5.41) is 0.847. The SMILES string of the molecule is COc1ccc(C(C)C)cc1-c1cc(N)sc1C. The molecule has 0 unspecified atom stereocenters. The van der Waals surface area contributed by atoms with Gasteiger partial charge in [-0.05, 0) is 36.6 Å². The van der Waals surface area contributed by atoms with Crippen LogP contribution in [0.15, 0.2) is 24.3 Å². The molecule has 0 fully saturated rings. The smallest absolute Gasteiger partial charge is 0.126 e. The van der Waals surface area contributed by atoms with E-state index in [1.54, 1.807) is 18.4 Å². The van der Waals surface area contributed by atoms with Crippen LogP contribution in [0.5, 0.6) is 5.75 Å². The van der Waals surface area contributed by atoms with Gasteiger partial charge in [-0.25, -0.2) is 0 Å². The lowest BCUT2D eigenvalue weighted by Crippen LogP contribution is -1.92. The highest BCUT2D eigenvalue weighted by Crippen LogP contribution is 2.39. The largest absolute Gasteiger partial charge is 0.496 e. The maximum atomic E-state index is 5.88. The minimum atomic E-state index is 0.506. The molecular formula is C15H19NOS. The van der Waals surface area contributed by atoms with Gasteiger partial charge in [-0.3, -0.25) is 0 Å². The maximum absolute atomic E-state index is 5.88. The molecule has 0 aliphatic rings. The third kappa shape index (κ3) is 2.36. The molecule has 0 saturated heterocycles. The molecule has 2 N–H and O–H groups in total. The van der Waals surface area contributed by atoms with Crippen LogP contribution in [0.4, 0.5) is 5.00 Å². The number of ether oxygens (including phenoxy) is 1. The van der Waals surface area contributed by atoms with E-state index in [-0.39, 0.29) is 0 Å². The van der Waals surface area contributed by atoms with E-state index in [0.717, 1.165) is 16.3 Å². The van der Waals surface area contributed by atoms with Crippen molar-refractivity contribution in [3.8, 4) is 16.9 Å². The van der Waals surface area contributed by atoms with Crippen molar-refractivity contribution in [3.63, 3.8) is 0 Å². The van der Waals surface area contributed by atoms with Crippen LogP contribution in [0, 0.1) is 6.92 Å². The van der Waals surface area contributed by atoms with Gasteiger partial charge in [0.25, 0.3) is 0 Å². The first-order chi connectivity index (χ1) is 8.52. The molecule has 0 spiro atoms. The number of rotatable bonds is 3. The molecule has 1 aromatic heterocycles. The van der Waals surface area contributed by atoms with E-state index >= 15 is 0 Å². The Hall–Kier alpha value is -1.48. The van der Waals surface area contributed by atoms with E-state index in [2.05, 4.69) is 32.9 Å². The second kappa shape index (κ2) is 5.02. The quantitative estimate of drug-likeness (QED) is 0.886. The van der Waals surface area contributed by atoms with Crippen molar-refractivity contribution < 1.29 is 4.74 Å². The molecule has 2 nitrogen and oxygen atoms in total. The van der Waals surface area contributed by atoms with Crippen molar-refractivity contribution in [2.45, 2.75) is 26.7 Å². The molecule has 0 amide bonds. The molecule has 0 aliphatic heterocycles. The van der Waals surface area contributed by atoms with E-state index in [1.165, 1.54) is 16.0 Å². The van der Waals surface area contributed by atoms with E-state index in [1.807, 2.05) is 12.1 Å². The summed E-state index contributed by atoms with van der Waals surface area (Å²) in [6, 6.07) is 8.40. The normalized spacial score (nSPS) is 10.9. The van der Waals surface area contributed by atoms with Crippen LogP contribution >= 0.6 is 11.3 Å². The molecule has 2 rings (SSSR count). The first kappa shape index (κ1) is 13.0. The van der Waals surface area contributed by atoms with E-state index < -0.39 is 0 Å². The molecule has 2 aromatic rings. The van der Waals surface area contributed by atoms with E-state index in [0.29, 0.717) is 5.92 Å². The zero-order valence-corrected chi connectivity index (χ0v) is 12.1. The Kier molecular flexibility index (Phi) is 3.62. The fraction of sp³-hybridized carbons (Fsp3) is 0.333. The number of nitrogen functional groups attached to an aromatic ring is 1. The van der Waals surface area contributed by atoms with Gasteiger partial charge in [0.1, 0.15) is 5.75 Å². The molecule has 96 valence electrons. The van der Waals surface area contributed by atoms with Gasteiger partial charge in [-0.15, -0.1) is 11.3 Å². The Balaban J connectivity index is 2.60. The van der Waals surface area contributed by atoms with Gasteiger partial charge >= 0.3 is 0 Å². The van der Waals surface area contributed by atoms with Crippen molar-refractivity contribution in [3.05, 3.63) is 34.7 Å². The minimum absolute atomic E-state index is 0.506. The van der Waals surface area contributed by atoms with Crippen LogP contribution in [0.25, 0.3) is 11.1 Å². The lowest BCUT2D eigenvalue weighted by molar-refractivity contribution is 0.416. The minimum Gasteiger partial charge on any atom is -0.496 e. The Morgan fingerprint density at radius 2 is 1.89 bits per heavy atom. The summed E-state index contributed by atoms with van der Waals surface area (Å²) in [4.78, 5) is 1.23. The summed E-state index contributed by atoms with van der Waals surface area (Å²) in [7, 11) is 1.71. The fourth-order valence-electron chi connectivity index (χ4n) is 2.07. The Morgan fingerprint density at radius 1 is 1.17 bits per heavy atom. The molecule has 18 heavy (non-hydrogen) atoms. The van der Waals surface area contributed by atoms with Crippen LogP contribution in [-0.4, -0.2) is 7.11 Å². The Labute approximate surface area is 112 Å². The van der Waals surface area contributed by atoms with Crippen LogP contribution in [0.3, 0.4) is 0 Å². The third-order valence-electron chi connectivity index (χ3n) is 3.12. The standard InChI is InChI=1S/C15H19NOS/c1-9(2)11-5-6-14(17-4)13(7-11)12-8-15(16)18-10(12)3/h5-9H,16H2,1-4H3. The second-order valence-electron chi connectivity index (χ2n) is 4.73. The number of benzene rings is 1. The number of anilines is 1. The summed E-state index contributed by atoms with van der Waals surface area (Å²) in [5.41, 5.74) is 9.51. The molecule has 0 aliphatic carbocycles. The predicted molar refractivity (Wildman–Crippen MR) is 79.5 cm³/mol. The zero-order valence-electron chi connectivity index (χ0n) is 11.3. The highest BCUT2D eigenvalue weighted by Gasteiger charge is 2.13. The van der Waals surface area contributed by atoms with Gasteiger partial charge in [-0.2, -0.15) is 0 Å². The van der Waals surface area contributed by atoms with Crippen molar-refractivity contribution in [1.29, 1.82) is 0 Å². The van der Waals surface area contributed by atoms with E-state index in [9.17, 15) is 0 Å². The predicted octanol–water partition coefficient (Wildman–Crippen LogP) is 4.44. The average Bonchev–Trinajstić information content (AvgIpc) is 2.67. The topological polar surface area (TPSA) is 35.2 Å². The highest BCUT2D eigenvalue weighted by molar-refractivity contribution is 7.16. The van der Waals surface area contributed by atoms with Gasteiger partial charge in [0.15, 0.2) is 0 Å². The maximum Gasteiger partial charge on any atom is 0.126 e. The number of thiophene rings is 1. The summed E-state index contributed by atoms with van der Waals surface area (Å²) in [5.74, 6) is 1.41. The molecule has 0 radical (unpaired) electrons. The van der Waals surface area contributed by atoms with Gasteiger partial charge < -0.3 is 10.5 Å². The molecule has 0 saturated carbocycles. The third-order valence-corrected chi connectivity index (χ3v) is 4.00. The first-order valence-corrected chi connectivity index (χ1v) is 6.88. The summed E-state index contributed by atoms with van der Waals surface area (Å²) >= 11 is 1.62. The summed E-state index contributed by atoms with van der Waals surface area (Å²) in [6.45, 7) is 6.48. The number of nitrogens with two attached hydrogens (primary N) is 1. The Bertz CT molecular complexity index is 558.